The van der Waals surface area contributed by atoms with E-state index in [-0.39, 0.29) is 17.4 Å². The van der Waals surface area contributed by atoms with Crippen LogP contribution in [0.2, 0.25) is 0 Å². The SMILES string of the molecule is CC(=O)c1cccc(NC(=O)c2ccc(NCCc3c[nH]c4ccccc34)nn2)c1. The zero-order valence-corrected chi connectivity index (χ0v) is 16.5. The summed E-state index contributed by atoms with van der Waals surface area (Å²) in [6.45, 7) is 2.18. The monoisotopic (exact) mass is 399 g/mol. The highest BCUT2D eigenvalue weighted by atomic mass is 16.2. The quantitative estimate of drug-likeness (QED) is 0.407. The van der Waals surface area contributed by atoms with Gasteiger partial charge in [-0.3, -0.25) is 9.59 Å². The molecule has 0 aliphatic rings. The largest absolute Gasteiger partial charge is 0.368 e. The predicted molar refractivity (Wildman–Crippen MR) is 117 cm³/mol. The molecule has 7 heteroatoms. The lowest BCUT2D eigenvalue weighted by molar-refractivity contribution is 0.100. The third-order valence-corrected chi connectivity index (χ3v) is 4.80. The van der Waals surface area contributed by atoms with E-state index in [2.05, 4.69) is 37.9 Å². The van der Waals surface area contributed by atoms with Crippen LogP contribution in [0, 0.1) is 0 Å². The minimum atomic E-state index is -0.381. The Morgan fingerprint density at radius 3 is 2.67 bits per heavy atom. The van der Waals surface area contributed by atoms with Gasteiger partial charge in [-0.15, -0.1) is 10.2 Å². The molecule has 0 saturated heterocycles. The van der Waals surface area contributed by atoms with E-state index in [1.807, 2.05) is 18.3 Å². The Morgan fingerprint density at radius 1 is 1.00 bits per heavy atom. The third-order valence-electron chi connectivity index (χ3n) is 4.80. The Morgan fingerprint density at radius 2 is 1.87 bits per heavy atom. The number of carbonyl (C=O) groups excluding carboxylic acids is 2. The van der Waals surface area contributed by atoms with Gasteiger partial charge in [0, 0.05) is 34.9 Å². The van der Waals surface area contributed by atoms with E-state index in [9.17, 15) is 9.59 Å². The van der Waals surface area contributed by atoms with E-state index in [1.165, 1.54) is 17.9 Å². The number of para-hydroxylation sites is 1. The third kappa shape index (κ3) is 4.35. The molecule has 2 aromatic carbocycles. The topological polar surface area (TPSA) is 99.8 Å². The Kier molecular flexibility index (Phi) is 5.52. The van der Waals surface area contributed by atoms with Crippen molar-refractivity contribution in [3.05, 3.63) is 83.7 Å². The standard InChI is InChI=1S/C23H21N5O2/c1-15(29)16-5-4-6-18(13-16)26-23(30)21-9-10-22(28-27-21)24-12-11-17-14-25-20-8-3-2-7-19(17)20/h2-10,13-14,25H,11-12H2,1H3,(H,24,28)(H,26,30). The first-order chi connectivity index (χ1) is 14.6. The van der Waals surface area contributed by atoms with Crippen molar-refractivity contribution in [1.82, 2.24) is 15.2 Å². The number of nitrogens with one attached hydrogen (secondary N) is 3. The van der Waals surface area contributed by atoms with Gasteiger partial charge in [0.05, 0.1) is 0 Å². The summed E-state index contributed by atoms with van der Waals surface area (Å²) in [5, 5.41) is 15.3. The Balaban J connectivity index is 1.34. The molecule has 0 unspecified atom stereocenters. The van der Waals surface area contributed by atoms with Crippen LogP contribution in [0.25, 0.3) is 10.9 Å². The predicted octanol–water partition coefficient (Wildman–Crippen LogP) is 4.07. The molecule has 4 aromatic rings. The number of nitrogens with zero attached hydrogens (tertiary/aromatic N) is 2. The molecule has 0 radical (unpaired) electrons. The minimum Gasteiger partial charge on any atom is -0.368 e. The molecule has 0 spiro atoms. The molecule has 0 aliphatic carbocycles. The lowest BCUT2D eigenvalue weighted by Crippen LogP contribution is -2.15. The highest BCUT2D eigenvalue weighted by Gasteiger charge is 2.10. The van der Waals surface area contributed by atoms with Crippen molar-refractivity contribution < 1.29 is 9.59 Å². The Hall–Kier alpha value is -4.00. The van der Waals surface area contributed by atoms with Crippen LogP contribution in [0.3, 0.4) is 0 Å². The number of Topliss-reactive ketones (excluding diaryl/α,β-unsaturated/α-hetero) is 1. The van der Waals surface area contributed by atoms with Crippen LogP contribution >= 0.6 is 0 Å². The number of carbonyl (C=O) groups is 2. The number of ketones is 1. The van der Waals surface area contributed by atoms with E-state index >= 15 is 0 Å². The van der Waals surface area contributed by atoms with Crippen molar-refractivity contribution in [3.63, 3.8) is 0 Å². The number of rotatable bonds is 7. The van der Waals surface area contributed by atoms with Gasteiger partial charge in [-0.05, 0) is 49.2 Å². The normalized spacial score (nSPS) is 10.7. The van der Waals surface area contributed by atoms with Crippen LogP contribution in [0.4, 0.5) is 11.5 Å². The van der Waals surface area contributed by atoms with Gasteiger partial charge >= 0.3 is 0 Å². The number of amides is 1. The van der Waals surface area contributed by atoms with Crippen LogP contribution in [-0.2, 0) is 6.42 Å². The highest BCUT2D eigenvalue weighted by Crippen LogP contribution is 2.18. The second-order valence-corrected chi connectivity index (χ2v) is 6.93. The molecule has 7 nitrogen and oxygen atoms in total. The number of anilines is 2. The Bertz CT molecular complexity index is 1200. The van der Waals surface area contributed by atoms with E-state index in [4.69, 9.17) is 0 Å². The first-order valence-corrected chi connectivity index (χ1v) is 9.65. The fraction of sp³-hybridized carbons (Fsp3) is 0.130. The Labute approximate surface area is 173 Å². The molecule has 0 fully saturated rings. The van der Waals surface area contributed by atoms with Gasteiger partial charge in [0.25, 0.3) is 5.91 Å². The zero-order valence-electron chi connectivity index (χ0n) is 16.5. The molecule has 30 heavy (non-hydrogen) atoms. The first kappa shape index (κ1) is 19.3. The number of benzene rings is 2. The van der Waals surface area contributed by atoms with Gasteiger partial charge in [-0.1, -0.05) is 30.3 Å². The molecule has 2 aromatic heterocycles. The fourth-order valence-electron chi connectivity index (χ4n) is 3.22. The first-order valence-electron chi connectivity index (χ1n) is 9.65. The van der Waals surface area contributed by atoms with Crippen molar-refractivity contribution in [3.8, 4) is 0 Å². The molecule has 0 saturated carbocycles. The highest BCUT2D eigenvalue weighted by molar-refractivity contribution is 6.03. The maximum absolute atomic E-state index is 12.4. The molecule has 0 atom stereocenters. The molecule has 1 amide bonds. The van der Waals surface area contributed by atoms with Crippen LogP contribution in [0.15, 0.2) is 66.9 Å². The van der Waals surface area contributed by atoms with E-state index in [0.29, 0.717) is 23.6 Å². The molecule has 0 bridgehead atoms. The summed E-state index contributed by atoms with van der Waals surface area (Å²) in [6, 6.07) is 18.3. The van der Waals surface area contributed by atoms with Crippen molar-refractivity contribution >= 4 is 34.1 Å². The smallest absolute Gasteiger partial charge is 0.276 e. The van der Waals surface area contributed by atoms with E-state index in [0.717, 1.165) is 11.9 Å². The zero-order chi connectivity index (χ0) is 20.9. The molecule has 2 heterocycles. The molecule has 3 N–H and O–H groups in total. The van der Waals surface area contributed by atoms with Gasteiger partial charge in [-0.2, -0.15) is 0 Å². The van der Waals surface area contributed by atoms with Crippen molar-refractivity contribution in [2.45, 2.75) is 13.3 Å². The number of fused-ring (bicyclic) bond motifs is 1. The van der Waals surface area contributed by atoms with Crippen molar-refractivity contribution in [1.29, 1.82) is 0 Å². The summed E-state index contributed by atoms with van der Waals surface area (Å²) in [4.78, 5) is 27.1. The summed E-state index contributed by atoms with van der Waals surface area (Å²) in [5.41, 5.74) is 3.63. The van der Waals surface area contributed by atoms with Gasteiger partial charge in [0.15, 0.2) is 11.5 Å². The molecular weight excluding hydrogens is 378 g/mol. The van der Waals surface area contributed by atoms with Gasteiger partial charge in [0.1, 0.15) is 5.82 Å². The summed E-state index contributed by atoms with van der Waals surface area (Å²) >= 11 is 0. The molecule has 150 valence electrons. The average molecular weight is 399 g/mol. The van der Waals surface area contributed by atoms with Gasteiger partial charge in [-0.25, -0.2) is 0 Å². The van der Waals surface area contributed by atoms with Crippen molar-refractivity contribution in [2.24, 2.45) is 0 Å². The molecule has 4 rings (SSSR count). The molecule has 0 aliphatic heterocycles. The lowest BCUT2D eigenvalue weighted by atomic mass is 10.1. The average Bonchev–Trinajstić information content (AvgIpc) is 3.17. The van der Waals surface area contributed by atoms with Gasteiger partial charge < -0.3 is 15.6 Å². The maximum atomic E-state index is 12.4. The van der Waals surface area contributed by atoms with Crippen LogP contribution in [0.1, 0.15) is 33.3 Å². The van der Waals surface area contributed by atoms with Crippen LogP contribution in [0.5, 0.6) is 0 Å². The lowest BCUT2D eigenvalue weighted by Gasteiger charge is -2.07. The fourth-order valence-corrected chi connectivity index (χ4v) is 3.22. The summed E-state index contributed by atoms with van der Waals surface area (Å²) in [5.74, 6) is 0.160. The van der Waals surface area contributed by atoms with E-state index < -0.39 is 0 Å². The maximum Gasteiger partial charge on any atom is 0.276 e. The number of H-pyrrole nitrogens is 1. The van der Waals surface area contributed by atoms with Gasteiger partial charge in [0.2, 0.25) is 0 Å². The number of aromatic nitrogens is 3. The summed E-state index contributed by atoms with van der Waals surface area (Å²) < 4.78 is 0. The van der Waals surface area contributed by atoms with Crippen LogP contribution < -0.4 is 10.6 Å². The second-order valence-electron chi connectivity index (χ2n) is 6.93. The number of aromatic amines is 1. The number of hydrogen-bond donors (Lipinski definition) is 3. The summed E-state index contributed by atoms with van der Waals surface area (Å²) in [6.07, 6.45) is 2.85. The number of hydrogen-bond acceptors (Lipinski definition) is 5. The van der Waals surface area contributed by atoms with E-state index in [1.54, 1.807) is 36.4 Å². The van der Waals surface area contributed by atoms with Crippen molar-refractivity contribution in [2.75, 3.05) is 17.2 Å². The van der Waals surface area contributed by atoms with Crippen LogP contribution in [-0.4, -0.2) is 33.4 Å². The molecular formula is C23H21N5O2. The second kappa shape index (κ2) is 8.57. The summed E-state index contributed by atoms with van der Waals surface area (Å²) in [7, 11) is 0. The minimum absolute atomic E-state index is 0.0612.